The van der Waals surface area contributed by atoms with Crippen LogP contribution in [0.4, 0.5) is 0 Å². The molecule has 0 aliphatic heterocycles. The fourth-order valence-corrected chi connectivity index (χ4v) is 1.82. The summed E-state index contributed by atoms with van der Waals surface area (Å²) in [6, 6.07) is 15.8. The van der Waals surface area contributed by atoms with Crippen molar-refractivity contribution in [3.8, 4) is 17.2 Å². The van der Waals surface area contributed by atoms with Crippen LogP contribution in [-0.2, 0) is 0 Å². The molecule has 0 N–H and O–H groups in total. The SMILES string of the molecule is Cc1ccc(C#Cc2ccc(SC#N)cc2)cc1. The first-order chi connectivity index (χ1) is 8.78. The normalized spacial score (nSPS) is 9.11. The van der Waals surface area contributed by atoms with Crippen LogP contribution in [0.1, 0.15) is 16.7 Å². The molecule has 0 fully saturated rings. The summed E-state index contributed by atoms with van der Waals surface area (Å²) < 4.78 is 0. The van der Waals surface area contributed by atoms with Gasteiger partial charge in [-0.1, -0.05) is 29.5 Å². The summed E-state index contributed by atoms with van der Waals surface area (Å²) in [5.74, 6) is 6.23. The number of hydrogen-bond acceptors (Lipinski definition) is 2. The largest absolute Gasteiger partial charge is 0.185 e. The van der Waals surface area contributed by atoms with Gasteiger partial charge in [-0.2, -0.15) is 5.26 Å². The van der Waals surface area contributed by atoms with Crippen LogP contribution in [0.3, 0.4) is 0 Å². The predicted molar refractivity (Wildman–Crippen MR) is 75.1 cm³/mol. The lowest BCUT2D eigenvalue weighted by Gasteiger charge is -1.94. The standard InChI is InChI=1S/C16H11NS/c1-13-2-4-14(5-3-13)6-7-15-8-10-16(11-9-15)18-12-17/h2-5,8-11H,1H3. The summed E-state index contributed by atoms with van der Waals surface area (Å²) in [6.07, 6.45) is 0. The summed E-state index contributed by atoms with van der Waals surface area (Å²) in [7, 11) is 0. The summed E-state index contributed by atoms with van der Waals surface area (Å²) in [4.78, 5) is 0.943. The van der Waals surface area contributed by atoms with Gasteiger partial charge in [0.15, 0.2) is 0 Å². The first-order valence-electron chi connectivity index (χ1n) is 5.52. The van der Waals surface area contributed by atoms with Crippen LogP contribution in [0.2, 0.25) is 0 Å². The molecule has 1 nitrogen and oxygen atoms in total. The van der Waals surface area contributed by atoms with Gasteiger partial charge in [-0.05, 0) is 55.1 Å². The van der Waals surface area contributed by atoms with Crippen LogP contribution in [0.15, 0.2) is 53.4 Å². The Morgan fingerprint density at radius 1 is 0.833 bits per heavy atom. The Kier molecular flexibility index (Phi) is 4.07. The zero-order valence-electron chi connectivity index (χ0n) is 9.97. The van der Waals surface area contributed by atoms with Crippen molar-refractivity contribution in [3.63, 3.8) is 0 Å². The zero-order chi connectivity index (χ0) is 12.8. The van der Waals surface area contributed by atoms with Gasteiger partial charge in [0.1, 0.15) is 5.40 Å². The fraction of sp³-hybridized carbons (Fsp3) is 0.0625. The van der Waals surface area contributed by atoms with Crippen molar-refractivity contribution in [1.29, 1.82) is 5.26 Å². The molecule has 2 aromatic rings. The first-order valence-corrected chi connectivity index (χ1v) is 6.34. The highest BCUT2D eigenvalue weighted by atomic mass is 32.2. The van der Waals surface area contributed by atoms with Crippen molar-refractivity contribution in [2.24, 2.45) is 0 Å². The van der Waals surface area contributed by atoms with Crippen LogP contribution in [-0.4, -0.2) is 0 Å². The van der Waals surface area contributed by atoms with E-state index in [0.717, 1.165) is 27.8 Å². The van der Waals surface area contributed by atoms with E-state index in [9.17, 15) is 0 Å². The van der Waals surface area contributed by atoms with E-state index in [1.165, 1.54) is 5.56 Å². The molecule has 0 aromatic heterocycles. The molecule has 0 saturated carbocycles. The van der Waals surface area contributed by atoms with Gasteiger partial charge in [0.05, 0.1) is 0 Å². The number of hydrogen-bond donors (Lipinski definition) is 0. The van der Waals surface area contributed by atoms with Gasteiger partial charge in [-0.3, -0.25) is 0 Å². The van der Waals surface area contributed by atoms with E-state index in [0.29, 0.717) is 0 Å². The van der Waals surface area contributed by atoms with Crippen molar-refractivity contribution in [2.45, 2.75) is 11.8 Å². The van der Waals surface area contributed by atoms with E-state index >= 15 is 0 Å². The third kappa shape index (κ3) is 3.42. The molecule has 0 atom stereocenters. The maximum atomic E-state index is 8.55. The quantitative estimate of drug-likeness (QED) is 0.434. The monoisotopic (exact) mass is 249 g/mol. The van der Waals surface area contributed by atoms with Gasteiger partial charge >= 0.3 is 0 Å². The Hall–Kier alpha value is -2.16. The summed E-state index contributed by atoms with van der Waals surface area (Å²) in [6.45, 7) is 2.06. The number of nitriles is 1. The topological polar surface area (TPSA) is 23.8 Å². The highest BCUT2D eigenvalue weighted by molar-refractivity contribution is 8.03. The number of nitrogens with zero attached hydrogens (tertiary/aromatic N) is 1. The highest BCUT2D eigenvalue weighted by Crippen LogP contribution is 2.16. The van der Waals surface area contributed by atoms with E-state index in [1.54, 1.807) is 0 Å². The second-order valence-electron chi connectivity index (χ2n) is 3.83. The highest BCUT2D eigenvalue weighted by Gasteiger charge is 1.92. The summed E-state index contributed by atoms with van der Waals surface area (Å²) in [5.41, 5.74) is 3.20. The smallest absolute Gasteiger partial charge is 0.138 e. The van der Waals surface area contributed by atoms with Gasteiger partial charge in [-0.25, -0.2) is 0 Å². The molecule has 0 amide bonds. The fourth-order valence-electron chi connectivity index (χ4n) is 1.44. The Morgan fingerprint density at radius 2 is 1.33 bits per heavy atom. The van der Waals surface area contributed by atoms with Crippen molar-refractivity contribution in [3.05, 3.63) is 65.2 Å². The third-order valence-corrected chi connectivity index (χ3v) is 3.02. The minimum absolute atomic E-state index is 0.943. The molecule has 0 heterocycles. The lowest BCUT2D eigenvalue weighted by atomic mass is 10.1. The summed E-state index contributed by atoms with van der Waals surface area (Å²) in [5, 5.41) is 10.6. The lowest BCUT2D eigenvalue weighted by molar-refractivity contribution is 1.44. The average Bonchev–Trinajstić information content (AvgIpc) is 2.40. The Labute approximate surface area is 111 Å². The molecule has 0 aliphatic rings. The Bertz CT molecular complexity index is 622. The van der Waals surface area contributed by atoms with Gasteiger partial charge in [0.2, 0.25) is 0 Å². The minimum Gasteiger partial charge on any atom is -0.185 e. The van der Waals surface area contributed by atoms with Gasteiger partial charge in [0.25, 0.3) is 0 Å². The van der Waals surface area contributed by atoms with Crippen LogP contribution in [0.25, 0.3) is 0 Å². The van der Waals surface area contributed by atoms with E-state index in [1.807, 2.05) is 41.8 Å². The molecule has 2 aromatic carbocycles. The van der Waals surface area contributed by atoms with E-state index in [-0.39, 0.29) is 0 Å². The molecule has 0 unspecified atom stereocenters. The number of benzene rings is 2. The molecule has 18 heavy (non-hydrogen) atoms. The van der Waals surface area contributed by atoms with Crippen LogP contribution in [0, 0.1) is 29.4 Å². The number of thioether (sulfide) groups is 1. The van der Waals surface area contributed by atoms with Crippen LogP contribution < -0.4 is 0 Å². The van der Waals surface area contributed by atoms with Gasteiger partial charge in [-0.15, -0.1) is 0 Å². The number of thiocyanates is 1. The predicted octanol–water partition coefficient (Wildman–Crippen LogP) is 3.97. The first kappa shape index (κ1) is 12.3. The minimum atomic E-state index is 0.943. The molecule has 86 valence electrons. The average molecular weight is 249 g/mol. The van der Waals surface area contributed by atoms with Crippen LogP contribution >= 0.6 is 11.8 Å². The molecule has 2 rings (SSSR count). The van der Waals surface area contributed by atoms with Crippen molar-refractivity contribution >= 4 is 11.8 Å². The zero-order valence-corrected chi connectivity index (χ0v) is 10.8. The van der Waals surface area contributed by atoms with Crippen molar-refractivity contribution in [2.75, 3.05) is 0 Å². The Morgan fingerprint density at radius 3 is 1.83 bits per heavy atom. The molecule has 0 radical (unpaired) electrons. The molecule has 2 heteroatoms. The van der Waals surface area contributed by atoms with Crippen molar-refractivity contribution in [1.82, 2.24) is 0 Å². The molecular weight excluding hydrogens is 238 g/mol. The van der Waals surface area contributed by atoms with E-state index < -0.39 is 0 Å². The second kappa shape index (κ2) is 5.96. The van der Waals surface area contributed by atoms with Gasteiger partial charge in [0, 0.05) is 16.0 Å². The molecular formula is C16H11NS. The molecule has 0 aliphatic carbocycles. The van der Waals surface area contributed by atoms with Crippen LogP contribution in [0.5, 0.6) is 0 Å². The molecule has 0 spiro atoms. The maximum Gasteiger partial charge on any atom is 0.138 e. The number of rotatable bonds is 1. The maximum absolute atomic E-state index is 8.55. The number of aryl methyl sites for hydroxylation is 1. The Balaban J connectivity index is 2.15. The molecule has 0 bridgehead atoms. The van der Waals surface area contributed by atoms with E-state index in [2.05, 4.69) is 30.9 Å². The summed E-state index contributed by atoms with van der Waals surface area (Å²) >= 11 is 1.16. The van der Waals surface area contributed by atoms with Gasteiger partial charge < -0.3 is 0 Å². The second-order valence-corrected chi connectivity index (χ2v) is 4.69. The lowest BCUT2D eigenvalue weighted by Crippen LogP contribution is -1.77. The van der Waals surface area contributed by atoms with E-state index in [4.69, 9.17) is 5.26 Å². The molecule has 0 saturated heterocycles. The van der Waals surface area contributed by atoms with Crippen molar-refractivity contribution < 1.29 is 0 Å². The third-order valence-electron chi connectivity index (χ3n) is 2.42.